The molecule has 0 aliphatic rings. The average Bonchev–Trinajstić information content (AvgIpc) is 2.79. The molecule has 17 heavy (non-hydrogen) atoms. The highest BCUT2D eigenvalue weighted by Gasteiger charge is 2.18. The first-order valence-corrected chi connectivity index (χ1v) is 5.57. The Morgan fingerprint density at radius 1 is 1.35 bits per heavy atom. The van der Waals surface area contributed by atoms with Crippen molar-refractivity contribution in [3.63, 3.8) is 0 Å². The molecule has 1 aromatic carbocycles. The van der Waals surface area contributed by atoms with Crippen LogP contribution in [-0.4, -0.2) is 5.78 Å². The molecule has 1 heterocycles. The molecule has 0 saturated heterocycles. The molecule has 0 unspecified atom stereocenters. The van der Waals surface area contributed by atoms with Crippen molar-refractivity contribution in [2.24, 2.45) is 0 Å². The summed E-state index contributed by atoms with van der Waals surface area (Å²) in [7, 11) is 0. The second kappa shape index (κ2) is 4.72. The van der Waals surface area contributed by atoms with Crippen LogP contribution in [0, 0.1) is 5.82 Å². The van der Waals surface area contributed by atoms with Gasteiger partial charge in [0.05, 0.1) is 16.8 Å². The predicted molar refractivity (Wildman–Crippen MR) is 62.9 cm³/mol. The standard InChI is InChI=1S/C13H10ClFO2/c1-2-12-9(5-6-17-12)13(16)10-7-8(15)3-4-11(10)14/h3-7H,2H2,1H3. The lowest BCUT2D eigenvalue weighted by atomic mass is 10.0. The zero-order valence-electron chi connectivity index (χ0n) is 9.17. The molecular formula is C13H10ClFO2. The summed E-state index contributed by atoms with van der Waals surface area (Å²) in [5, 5.41) is 0.236. The van der Waals surface area contributed by atoms with Gasteiger partial charge in [-0.3, -0.25) is 4.79 Å². The average molecular weight is 253 g/mol. The van der Waals surface area contributed by atoms with Crippen molar-refractivity contribution in [1.82, 2.24) is 0 Å². The van der Waals surface area contributed by atoms with E-state index in [1.807, 2.05) is 6.92 Å². The summed E-state index contributed by atoms with van der Waals surface area (Å²) in [5.74, 6) is -0.227. The summed E-state index contributed by atoms with van der Waals surface area (Å²) in [6.45, 7) is 1.88. The topological polar surface area (TPSA) is 30.2 Å². The van der Waals surface area contributed by atoms with Gasteiger partial charge in [0.25, 0.3) is 0 Å². The number of benzene rings is 1. The van der Waals surface area contributed by atoms with Gasteiger partial charge in [0.2, 0.25) is 0 Å². The Morgan fingerprint density at radius 2 is 2.12 bits per heavy atom. The van der Waals surface area contributed by atoms with Crippen molar-refractivity contribution in [2.75, 3.05) is 0 Å². The van der Waals surface area contributed by atoms with Crippen LogP contribution in [0.2, 0.25) is 5.02 Å². The smallest absolute Gasteiger partial charge is 0.198 e. The molecular weight excluding hydrogens is 243 g/mol. The first-order valence-electron chi connectivity index (χ1n) is 5.19. The Kier molecular flexibility index (Phi) is 3.29. The number of halogens is 2. The molecule has 0 bridgehead atoms. The van der Waals surface area contributed by atoms with Gasteiger partial charge < -0.3 is 4.42 Å². The van der Waals surface area contributed by atoms with Gasteiger partial charge >= 0.3 is 0 Å². The lowest BCUT2D eigenvalue weighted by molar-refractivity contribution is 0.103. The fraction of sp³-hybridized carbons (Fsp3) is 0.154. The van der Waals surface area contributed by atoms with E-state index >= 15 is 0 Å². The van der Waals surface area contributed by atoms with Crippen LogP contribution in [0.25, 0.3) is 0 Å². The third-order valence-electron chi connectivity index (χ3n) is 2.48. The molecule has 0 fully saturated rings. The number of aryl methyl sites for hydroxylation is 1. The minimum Gasteiger partial charge on any atom is -0.469 e. The first-order chi connectivity index (χ1) is 8.13. The van der Waals surface area contributed by atoms with Crippen LogP contribution in [0.4, 0.5) is 4.39 Å². The molecule has 0 aliphatic carbocycles. The maximum atomic E-state index is 13.1. The van der Waals surface area contributed by atoms with Crippen molar-refractivity contribution in [1.29, 1.82) is 0 Å². The summed E-state index contributed by atoms with van der Waals surface area (Å²) >= 11 is 5.89. The van der Waals surface area contributed by atoms with Crippen molar-refractivity contribution < 1.29 is 13.6 Å². The Morgan fingerprint density at radius 3 is 2.82 bits per heavy atom. The highest BCUT2D eigenvalue weighted by molar-refractivity contribution is 6.35. The van der Waals surface area contributed by atoms with Gasteiger partial charge in [-0.15, -0.1) is 0 Å². The fourth-order valence-electron chi connectivity index (χ4n) is 1.63. The van der Waals surface area contributed by atoms with Crippen LogP contribution < -0.4 is 0 Å². The number of rotatable bonds is 3. The van der Waals surface area contributed by atoms with E-state index in [0.717, 1.165) is 6.07 Å². The van der Waals surface area contributed by atoms with E-state index < -0.39 is 5.82 Å². The number of ketones is 1. The number of furan rings is 1. The van der Waals surface area contributed by atoms with E-state index in [1.165, 1.54) is 18.4 Å². The number of carbonyl (C=O) groups excluding carboxylic acids is 1. The second-order valence-electron chi connectivity index (χ2n) is 3.56. The largest absolute Gasteiger partial charge is 0.469 e. The van der Waals surface area contributed by atoms with E-state index in [0.29, 0.717) is 17.7 Å². The Balaban J connectivity index is 2.47. The van der Waals surface area contributed by atoms with Crippen molar-refractivity contribution in [3.05, 3.63) is 58.3 Å². The van der Waals surface area contributed by atoms with Gasteiger partial charge in [0, 0.05) is 12.0 Å². The van der Waals surface area contributed by atoms with Gasteiger partial charge in [-0.25, -0.2) is 4.39 Å². The molecule has 4 heteroatoms. The fourth-order valence-corrected chi connectivity index (χ4v) is 1.84. The predicted octanol–water partition coefficient (Wildman–Crippen LogP) is 3.87. The van der Waals surface area contributed by atoms with Gasteiger partial charge in [0.1, 0.15) is 11.6 Å². The number of hydrogen-bond donors (Lipinski definition) is 0. The molecule has 0 radical (unpaired) electrons. The van der Waals surface area contributed by atoms with Crippen LogP contribution in [0.3, 0.4) is 0 Å². The molecule has 0 atom stereocenters. The van der Waals surface area contributed by atoms with Crippen molar-refractivity contribution in [2.45, 2.75) is 13.3 Å². The van der Waals surface area contributed by atoms with Crippen LogP contribution in [-0.2, 0) is 6.42 Å². The molecule has 0 spiro atoms. The van der Waals surface area contributed by atoms with Crippen molar-refractivity contribution in [3.8, 4) is 0 Å². The Hall–Kier alpha value is -1.61. The molecule has 88 valence electrons. The van der Waals surface area contributed by atoms with Gasteiger partial charge in [0.15, 0.2) is 5.78 Å². The summed E-state index contributed by atoms with van der Waals surface area (Å²) in [4.78, 5) is 12.1. The van der Waals surface area contributed by atoms with Crippen LogP contribution in [0.15, 0.2) is 34.9 Å². The minimum atomic E-state index is -0.487. The minimum absolute atomic E-state index is 0.155. The lowest BCUT2D eigenvalue weighted by Gasteiger charge is -2.03. The van der Waals surface area contributed by atoms with E-state index in [-0.39, 0.29) is 16.4 Å². The molecule has 0 saturated carbocycles. The summed E-state index contributed by atoms with van der Waals surface area (Å²) in [6, 6.07) is 5.30. The first kappa shape index (κ1) is 11.9. The Labute approximate surface area is 103 Å². The van der Waals surface area contributed by atoms with E-state index in [1.54, 1.807) is 6.07 Å². The summed E-state index contributed by atoms with van der Waals surface area (Å²) in [5.41, 5.74) is 0.586. The third-order valence-corrected chi connectivity index (χ3v) is 2.81. The molecule has 0 aliphatic heterocycles. The maximum Gasteiger partial charge on any atom is 0.198 e. The van der Waals surface area contributed by atoms with E-state index in [9.17, 15) is 9.18 Å². The zero-order valence-corrected chi connectivity index (χ0v) is 9.92. The molecule has 2 aromatic rings. The normalized spacial score (nSPS) is 10.5. The van der Waals surface area contributed by atoms with Gasteiger partial charge in [-0.05, 0) is 24.3 Å². The SMILES string of the molecule is CCc1occc1C(=O)c1cc(F)ccc1Cl. The number of hydrogen-bond acceptors (Lipinski definition) is 2. The van der Waals surface area contributed by atoms with Gasteiger partial charge in [-0.1, -0.05) is 18.5 Å². The monoisotopic (exact) mass is 252 g/mol. The Bertz CT molecular complexity index is 560. The highest BCUT2D eigenvalue weighted by atomic mass is 35.5. The molecule has 0 N–H and O–H groups in total. The van der Waals surface area contributed by atoms with E-state index in [4.69, 9.17) is 16.0 Å². The summed E-state index contributed by atoms with van der Waals surface area (Å²) in [6.07, 6.45) is 2.04. The van der Waals surface area contributed by atoms with Crippen LogP contribution in [0.1, 0.15) is 28.6 Å². The van der Waals surface area contributed by atoms with Crippen molar-refractivity contribution >= 4 is 17.4 Å². The maximum absolute atomic E-state index is 13.1. The summed E-state index contributed by atoms with van der Waals surface area (Å²) < 4.78 is 18.3. The van der Waals surface area contributed by atoms with E-state index in [2.05, 4.69) is 0 Å². The molecule has 1 aromatic heterocycles. The molecule has 0 amide bonds. The highest BCUT2D eigenvalue weighted by Crippen LogP contribution is 2.23. The van der Waals surface area contributed by atoms with Crippen LogP contribution >= 0.6 is 11.6 Å². The lowest BCUT2D eigenvalue weighted by Crippen LogP contribution is -2.04. The molecule has 2 rings (SSSR count). The quantitative estimate of drug-likeness (QED) is 0.777. The third kappa shape index (κ3) is 2.24. The second-order valence-corrected chi connectivity index (χ2v) is 3.97. The van der Waals surface area contributed by atoms with Gasteiger partial charge in [-0.2, -0.15) is 0 Å². The number of carbonyl (C=O) groups is 1. The zero-order chi connectivity index (χ0) is 12.4. The molecule has 2 nitrogen and oxygen atoms in total. The van der Waals surface area contributed by atoms with Crippen LogP contribution in [0.5, 0.6) is 0 Å².